The van der Waals surface area contributed by atoms with Crippen LogP contribution < -0.4 is 0 Å². The van der Waals surface area contributed by atoms with Gasteiger partial charge in [-0.3, -0.25) is 19.7 Å². The second kappa shape index (κ2) is 11.0. The fourth-order valence-electron chi connectivity index (χ4n) is 4.93. The highest BCUT2D eigenvalue weighted by molar-refractivity contribution is 7.90. The zero-order valence-corrected chi connectivity index (χ0v) is 22.5. The maximum Gasteiger partial charge on any atom is 0.418 e. The zero-order chi connectivity index (χ0) is 28.5. The normalized spacial score (nSPS) is 14.9. The van der Waals surface area contributed by atoms with Gasteiger partial charge in [-0.25, -0.2) is 8.42 Å². The Morgan fingerprint density at radius 2 is 1.62 bits per heavy atom. The maximum absolute atomic E-state index is 13.3. The molecule has 208 valence electrons. The monoisotopic (exact) mass is 568 g/mol. The summed E-state index contributed by atoms with van der Waals surface area (Å²) in [6.07, 6.45) is -1.57. The average molecular weight is 569 g/mol. The number of sulfone groups is 1. The molecule has 0 saturated carbocycles. The van der Waals surface area contributed by atoms with Crippen molar-refractivity contribution in [2.75, 3.05) is 26.2 Å². The second-order valence-electron chi connectivity index (χ2n) is 9.80. The summed E-state index contributed by atoms with van der Waals surface area (Å²) in [5.41, 5.74) is 1.34. The van der Waals surface area contributed by atoms with Gasteiger partial charge in [0.25, 0.3) is 5.91 Å². The van der Waals surface area contributed by atoms with Gasteiger partial charge in [0.1, 0.15) is 0 Å². The number of hydrogen-bond donors (Lipinski definition) is 0. The number of amides is 1. The molecule has 11 heteroatoms. The second-order valence-corrected chi connectivity index (χ2v) is 11.8. The van der Waals surface area contributed by atoms with Crippen molar-refractivity contribution in [3.8, 4) is 0 Å². The van der Waals surface area contributed by atoms with Gasteiger partial charge in [-0.1, -0.05) is 24.3 Å². The molecule has 1 aliphatic rings. The average Bonchev–Trinajstić information content (AvgIpc) is 2.93. The van der Waals surface area contributed by atoms with Gasteiger partial charge >= 0.3 is 6.18 Å². The molecular weight excluding hydrogens is 541 g/mol. The smallest absolute Gasteiger partial charge is 0.336 e. The predicted molar refractivity (Wildman–Crippen MR) is 144 cm³/mol. The van der Waals surface area contributed by atoms with Crippen molar-refractivity contribution in [3.63, 3.8) is 0 Å². The summed E-state index contributed by atoms with van der Waals surface area (Å²) in [6, 6.07) is 15.9. The standard InChI is InChI=1S/C29H27F3N4O3S/c1-20-17-22(9-10-23(20)19-40(38,39)26-8-2-5-21-6-3-12-34-27(21)26)28(37)36-15-13-35(14-16-36)18-25-24(29(30,31)32)7-4-11-33-25/h2-12,17H,13-16,18-19H2,1H3. The van der Waals surface area contributed by atoms with Crippen molar-refractivity contribution in [1.29, 1.82) is 0 Å². The molecule has 1 saturated heterocycles. The highest BCUT2D eigenvalue weighted by Gasteiger charge is 2.34. The van der Waals surface area contributed by atoms with Gasteiger partial charge < -0.3 is 4.90 Å². The van der Waals surface area contributed by atoms with Crippen LogP contribution in [-0.2, 0) is 28.3 Å². The van der Waals surface area contributed by atoms with E-state index in [0.29, 0.717) is 48.4 Å². The van der Waals surface area contributed by atoms with E-state index in [4.69, 9.17) is 0 Å². The fourth-order valence-corrected chi connectivity index (χ4v) is 6.57. The third-order valence-corrected chi connectivity index (χ3v) is 8.78. The molecule has 1 fully saturated rings. The summed E-state index contributed by atoms with van der Waals surface area (Å²) in [7, 11) is -3.70. The van der Waals surface area contributed by atoms with Gasteiger partial charge in [0.15, 0.2) is 9.84 Å². The molecule has 2 aromatic carbocycles. The van der Waals surface area contributed by atoms with E-state index in [9.17, 15) is 26.4 Å². The van der Waals surface area contributed by atoms with Gasteiger partial charge in [0.05, 0.1) is 27.4 Å². The molecule has 0 N–H and O–H groups in total. The highest BCUT2D eigenvalue weighted by Crippen LogP contribution is 2.31. The SMILES string of the molecule is Cc1cc(C(=O)N2CCN(Cc3ncccc3C(F)(F)F)CC2)ccc1CS(=O)(=O)c1cccc2cccnc12. The van der Waals surface area contributed by atoms with Crippen molar-refractivity contribution in [1.82, 2.24) is 19.8 Å². The number of aryl methyl sites for hydroxylation is 1. The summed E-state index contributed by atoms with van der Waals surface area (Å²) in [5, 5.41) is 0.738. The van der Waals surface area contributed by atoms with Crippen LogP contribution >= 0.6 is 0 Å². The highest BCUT2D eigenvalue weighted by atomic mass is 32.2. The van der Waals surface area contributed by atoms with Crippen molar-refractivity contribution >= 4 is 26.6 Å². The lowest BCUT2D eigenvalue weighted by Gasteiger charge is -2.35. The van der Waals surface area contributed by atoms with E-state index in [1.165, 1.54) is 12.3 Å². The van der Waals surface area contributed by atoms with Crippen LogP contribution in [0.5, 0.6) is 0 Å². The first-order chi connectivity index (χ1) is 19.0. The van der Waals surface area contributed by atoms with Crippen LogP contribution in [0, 0.1) is 6.92 Å². The van der Waals surface area contributed by atoms with E-state index in [0.717, 1.165) is 11.5 Å². The minimum atomic E-state index is -4.48. The number of hydrogen-bond acceptors (Lipinski definition) is 6. The number of benzene rings is 2. The summed E-state index contributed by atoms with van der Waals surface area (Å²) < 4.78 is 66.5. The number of alkyl halides is 3. The van der Waals surface area contributed by atoms with Crippen molar-refractivity contribution in [2.45, 2.75) is 30.3 Å². The van der Waals surface area contributed by atoms with E-state index in [2.05, 4.69) is 9.97 Å². The van der Waals surface area contributed by atoms with E-state index in [-0.39, 0.29) is 28.8 Å². The summed E-state index contributed by atoms with van der Waals surface area (Å²) in [4.78, 5) is 25.0. The first-order valence-corrected chi connectivity index (χ1v) is 14.4. The molecule has 0 radical (unpaired) electrons. The number of pyridine rings is 2. The van der Waals surface area contributed by atoms with Crippen LogP contribution in [0.3, 0.4) is 0 Å². The summed E-state index contributed by atoms with van der Waals surface area (Å²) in [5.74, 6) is -0.432. The van der Waals surface area contributed by atoms with Crippen LogP contribution in [-0.4, -0.2) is 60.3 Å². The molecule has 0 aliphatic carbocycles. The van der Waals surface area contributed by atoms with E-state index in [1.807, 2.05) is 17.0 Å². The molecule has 7 nitrogen and oxygen atoms in total. The van der Waals surface area contributed by atoms with Gasteiger partial charge in [-0.2, -0.15) is 13.2 Å². The predicted octanol–water partition coefficient (Wildman–Crippen LogP) is 4.89. The molecule has 1 aliphatic heterocycles. The molecule has 3 heterocycles. The van der Waals surface area contributed by atoms with E-state index >= 15 is 0 Å². The zero-order valence-electron chi connectivity index (χ0n) is 21.7. The number of rotatable bonds is 6. The van der Waals surface area contributed by atoms with Gasteiger partial charge in [0.2, 0.25) is 0 Å². The molecule has 0 spiro atoms. The van der Waals surface area contributed by atoms with E-state index < -0.39 is 21.6 Å². The van der Waals surface area contributed by atoms with Crippen LogP contribution in [0.25, 0.3) is 10.9 Å². The van der Waals surface area contributed by atoms with Crippen molar-refractivity contribution < 1.29 is 26.4 Å². The summed E-state index contributed by atoms with van der Waals surface area (Å²) >= 11 is 0. The van der Waals surface area contributed by atoms with Gasteiger partial charge in [0, 0.05) is 56.1 Å². The van der Waals surface area contributed by atoms with Crippen LogP contribution in [0.2, 0.25) is 0 Å². The topological polar surface area (TPSA) is 83.5 Å². The lowest BCUT2D eigenvalue weighted by molar-refractivity contribution is -0.138. The fraction of sp³-hybridized carbons (Fsp3) is 0.276. The van der Waals surface area contributed by atoms with E-state index in [1.54, 1.807) is 54.4 Å². The number of piperazine rings is 1. The van der Waals surface area contributed by atoms with Crippen LogP contribution in [0.15, 0.2) is 78.0 Å². The number of fused-ring (bicyclic) bond motifs is 1. The lowest BCUT2D eigenvalue weighted by Crippen LogP contribution is -2.48. The van der Waals surface area contributed by atoms with Gasteiger partial charge in [-0.15, -0.1) is 0 Å². The minimum absolute atomic E-state index is 0.0322. The Morgan fingerprint density at radius 1 is 0.925 bits per heavy atom. The minimum Gasteiger partial charge on any atom is -0.336 e. The lowest BCUT2D eigenvalue weighted by atomic mass is 10.1. The first kappa shape index (κ1) is 27.7. The number of halogens is 3. The molecule has 40 heavy (non-hydrogen) atoms. The molecular formula is C29H27F3N4O3S. The molecule has 1 amide bonds. The Kier molecular flexibility index (Phi) is 7.61. The number of carbonyl (C=O) groups is 1. The number of nitrogens with zero attached hydrogens (tertiary/aromatic N) is 4. The largest absolute Gasteiger partial charge is 0.418 e. The van der Waals surface area contributed by atoms with Crippen molar-refractivity contribution in [2.24, 2.45) is 0 Å². The van der Waals surface area contributed by atoms with Crippen molar-refractivity contribution in [3.05, 3.63) is 101 Å². The Hall–Kier alpha value is -3.83. The Morgan fingerprint density at radius 3 is 2.35 bits per heavy atom. The molecule has 0 bridgehead atoms. The first-order valence-electron chi connectivity index (χ1n) is 12.7. The Labute approximate surface area is 230 Å². The Balaban J connectivity index is 1.25. The van der Waals surface area contributed by atoms with Crippen LogP contribution in [0.4, 0.5) is 13.2 Å². The molecule has 4 aromatic rings. The van der Waals surface area contributed by atoms with Crippen LogP contribution in [0.1, 0.15) is 32.7 Å². The maximum atomic E-state index is 13.3. The molecule has 5 rings (SSSR count). The number of aromatic nitrogens is 2. The van der Waals surface area contributed by atoms with Gasteiger partial charge in [-0.05, 0) is 54.4 Å². The third-order valence-electron chi connectivity index (χ3n) is 7.09. The third kappa shape index (κ3) is 5.85. The Bertz CT molecular complexity index is 1660. The molecule has 2 aromatic heterocycles. The number of para-hydroxylation sites is 1. The number of carbonyl (C=O) groups excluding carboxylic acids is 1. The molecule has 0 unspecified atom stereocenters. The summed E-state index contributed by atoms with van der Waals surface area (Å²) in [6.45, 7) is 3.35. The molecule has 0 atom stereocenters. The quantitative estimate of drug-likeness (QED) is 0.330.